The minimum absolute atomic E-state index is 0.153. The molecule has 1 fully saturated rings. The monoisotopic (exact) mass is 338 g/mol. The molecule has 2 atom stereocenters. The van der Waals surface area contributed by atoms with Crippen molar-refractivity contribution >= 4 is 28.5 Å². The van der Waals surface area contributed by atoms with Crippen molar-refractivity contribution in [1.29, 1.82) is 0 Å². The zero-order chi connectivity index (χ0) is 17.4. The quantitative estimate of drug-likeness (QED) is 0.792. The molecule has 0 unspecified atom stereocenters. The molecule has 4 rings (SSSR count). The number of benzene rings is 1. The number of morpholine rings is 1. The molecule has 1 saturated heterocycles. The zero-order valence-corrected chi connectivity index (χ0v) is 14.7. The van der Waals surface area contributed by atoms with Crippen molar-refractivity contribution in [2.45, 2.75) is 26.1 Å². The van der Waals surface area contributed by atoms with Crippen molar-refractivity contribution in [2.75, 3.05) is 23.3 Å². The van der Waals surface area contributed by atoms with E-state index in [-0.39, 0.29) is 12.2 Å². The SMILES string of the molecule is C[C@H]1CN(c2nc(Nc3ccccc3)c3cnn(C)c3n2)C[C@H](C)O1. The van der Waals surface area contributed by atoms with Crippen LogP contribution in [0.25, 0.3) is 11.0 Å². The molecule has 3 heterocycles. The Balaban J connectivity index is 1.76. The molecular formula is C18H22N6O. The van der Waals surface area contributed by atoms with Crippen molar-refractivity contribution < 1.29 is 4.74 Å². The molecule has 2 aromatic heterocycles. The molecule has 1 aliphatic rings. The standard InChI is InChI=1S/C18H22N6O/c1-12-10-24(11-13(2)25-12)18-21-16(20-14-7-5-4-6-8-14)15-9-19-23(3)17(15)22-18/h4-9,12-13H,10-11H2,1-3H3,(H,20,21,22)/t12-,13-/m0/s1. The van der Waals surface area contributed by atoms with Crippen LogP contribution in [-0.4, -0.2) is 45.0 Å². The van der Waals surface area contributed by atoms with E-state index in [0.717, 1.165) is 35.6 Å². The maximum absolute atomic E-state index is 5.83. The van der Waals surface area contributed by atoms with Crippen molar-refractivity contribution in [2.24, 2.45) is 7.05 Å². The van der Waals surface area contributed by atoms with E-state index in [1.165, 1.54) is 0 Å². The third-order valence-corrected chi connectivity index (χ3v) is 4.32. The van der Waals surface area contributed by atoms with E-state index in [2.05, 4.69) is 29.2 Å². The van der Waals surface area contributed by atoms with Gasteiger partial charge >= 0.3 is 0 Å². The second-order valence-corrected chi connectivity index (χ2v) is 6.53. The highest BCUT2D eigenvalue weighted by atomic mass is 16.5. The van der Waals surface area contributed by atoms with Gasteiger partial charge in [-0.2, -0.15) is 15.1 Å². The fraction of sp³-hybridized carbons (Fsp3) is 0.389. The van der Waals surface area contributed by atoms with Crippen LogP contribution in [0.4, 0.5) is 17.5 Å². The molecule has 1 aromatic carbocycles. The lowest BCUT2D eigenvalue weighted by Crippen LogP contribution is -2.46. The summed E-state index contributed by atoms with van der Waals surface area (Å²) in [6, 6.07) is 10.0. The molecule has 7 nitrogen and oxygen atoms in total. The molecular weight excluding hydrogens is 316 g/mol. The summed E-state index contributed by atoms with van der Waals surface area (Å²) in [7, 11) is 1.90. The van der Waals surface area contributed by atoms with Crippen molar-refractivity contribution in [3.8, 4) is 0 Å². The van der Waals surface area contributed by atoms with E-state index in [4.69, 9.17) is 14.7 Å². The van der Waals surface area contributed by atoms with Gasteiger partial charge in [0.25, 0.3) is 0 Å². The summed E-state index contributed by atoms with van der Waals surface area (Å²) in [5, 5.41) is 8.65. The predicted molar refractivity (Wildman–Crippen MR) is 98.3 cm³/mol. The molecule has 0 saturated carbocycles. The first-order chi connectivity index (χ1) is 12.1. The van der Waals surface area contributed by atoms with Gasteiger partial charge in [0.05, 0.1) is 23.8 Å². The van der Waals surface area contributed by atoms with Gasteiger partial charge < -0.3 is 15.0 Å². The molecule has 7 heteroatoms. The summed E-state index contributed by atoms with van der Waals surface area (Å²) >= 11 is 0. The molecule has 3 aromatic rings. The normalized spacial score (nSPS) is 20.8. The third kappa shape index (κ3) is 3.15. The first-order valence-corrected chi connectivity index (χ1v) is 8.52. The lowest BCUT2D eigenvalue weighted by atomic mass is 10.2. The van der Waals surface area contributed by atoms with E-state index in [9.17, 15) is 0 Å². The molecule has 25 heavy (non-hydrogen) atoms. The Kier molecular flexibility index (Phi) is 4.01. The number of hydrogen-bond donors (Lipinski definition) is 1. The summed E-state index contributed by atoms with van der Waals surface area (Å²) in [6.07, 6.45) is 2.11. The Morgan fingerprint density at radius 2 is 1.80 bits per heavy atom. The van der Waals surface area contributed by atoms with Gasteiger partial charge in [0, 0.05) is 25.8 Å². The highest BCUT2D eigenvalue weighted by Crippen LogP contribution is 2.27. The lowest BCUT2D eigenvalue weighted by Gasteiger charge is -2.35. The predicted octanol–water partition coefficient (Wildman–Crippen LogP) is 2.72. The number of ether oxygens (including phenoxy) is 1. The Labute approximate surface area is 146 Å². The van der Waals surface area contributed by atoms with Gasteiger partial charge in [-0.15, -0.1) is 0 Å². The molecule has 1 N–H and O–H groups in total. The highest BCUT2D eigenvalue weighted by molar-refractivity contribution is 5.89. The largest absolute Gasteiger partial charge is 0.372 e. The van der Waals surface area contributed by atoms with Crippen LogP contribution in [0, 0.1) is 0 Å². The van der Waals surface area contributed by atoms with Crippen LogP contribution in [0.2, 0.25) is 0 Å². The Morgan fingerprint density at radius 1 is 1.08 bits per heavy atom. The zero-order valence-electron chi connectivity index (χ0n) is 14.7. The third-order valence-electron chi connectivity index (χ3n) is 4.32. The fourth-order valence-electron chi connectivity index (χ4n) is 3.25. The average Bonchev–Trinajstić information content (AvgIpc) is 2.96. The van der Waals surface area contributed by atoms with Gasteiger partial charge in [-0.05, 0) is 26.0 Å². The second kappa shape index (κ2) is 6.33. The maximum atomic E-state index is 5.83. The Bertz CT molecular complexity index is 868. The van der Waals surface area contributed by atoms with E-state index in [1.807, 2.05) is 37.4 Å². The summed E-state index contributed by atoms with van der Waals surface area (Å²) < 4.78 is 7.61. The molecule has 0 radical (unpaired) electrons. The van der Waals surface area contributed by atoms with Crippen LogP contribution >= 0.6 is 0 Å². The maximum Gasteiger partial charge on any atom is 0.229 e. The number of anilines is 3. The Hall–Kier alpha value is -2.67. The summed E-state index contributed by atoms with van der Waals surface area (Å²) in [6.45, 7) is 5.71. The highest BCUT2D eigenvalue weighted by Gasteiger charge is 2.25. The van der Waals surface area contributed by atoms with Gasteiger partial charge in [-0.3, -0.25) is 4.68 Å². The van der Waals surface area contributed by atoms with Crippen LogP contribution in [-0.2, 0) is 11.8 Å². The van der Waals surface area contributed by atoms with Crippen LogP contribution in [0.1, 0.15) is 13.8 Å². The van der Waals surface area contributed by atoms with Gasteiger partial charge in [-0.1, -0.05) is 18.2 Å². The smallest absolute Gasteiger partial charge is 0.229 e. The van der Waals surface area contributed by atoms with Crippen LogP contribution < -0.4 is 10.2 Å². The molecule has 130 valence electrons. The number of nitrogens with zero attached hydrogens (tertiary/aromatic N) is 5. The van der Waals surface area contributed by atoms with E-state index in [0.29, 0.717) is 5.95 Å². The van der Waals surface area contributed by atoms with Crippen molar-refractivity contribution in [3.05, 3.63) is 36.5 Å². The minimum Gasteiger partial charge on any atom is -0.372 e. The van der Waals surface area contributed by atoms with Gasteiger partial charge in [0.1, 0.15) is 5.82 Å². The molecule has 0 spiro atoms. The van der Waals surface area contributed by atoms with E-state index < -0.39 is 0 Å². The van der Waals surface area contributed by atoms with E-state index in [1.54, 1.807) is 10.9 Å². The van der Waals surface area contributed by atoms with Crippen molar-refractivity contribution in [3.63, 3.8) is 0 Å². The lowest BCUT2D eigenvalue weighted by molar-refractivity contribution is -0.00569. The number of rotatable bonds is 3. The fourth-order valence-corrected chi connectivity index (χ4v) is 3.25. The average molecular weight is 338 g/mol. The molecule has 1 aliphatic heterocycles. The van der Waals surface area contributed by atoms with Crippen LogP contribution in [0.3, 0.4) is 0 Å². The number of aryl methyl sites for hydroxylation is 1. The van der Waals surface area contributed by atoms with Crippen LogP contribution in [0.15, 0.2) is 36.5 Å². The van der Waals surface area contributed by atoms with Crippen molar-refractivity contribution in [1.82, 2.24) is 19.7 Å². The van der Waals surface area contributed by atoms with Gasteiger partial charge in [0.15, 0.2) is 5.65 Å². The van der Waals surface area contributed by atoms with E-state index >= 15 is 0 Å². The number of fused-ring (bicyclic) bond motifs is 1. The van der Waals surface area contributed by atoms with Crippen LogP contribution in [0.5, 0.6) is 0 Å². The first-order valence-electron chi connectivity index (χ1n) is 8.52. The second-order valence-electron chi connectivity index (χ2n) is 6.53. The summed E-state index contributed by atoms with van der Waals surface area (Å²) in [5.41, 5.74) is 1.80. The number of para-hydroxylation sites is 1. The Morgan fingerprint density at radius 3 is 2.52 bits per heavy atom. The number of nitrogens with one attached hydrogen (secondary N) is 1. The summed E-state index contributed by atoms with van der Waals surface area (Å²) in [4.78, 5) is 11.7. The number of hydrogen-bond acceptors (Lipinski definition) is 6. The molecule has 0 aliphatic carbocycles. The number of aromatic nitrogens is 4. The van der Waals surface area contributed by atoms with Gasteiger partial charge in [-0.25, -0.2) is 0 Å². The molecule has 0 amide bonds. The summed E-state index contributed by atoms with van der Waals surface area (Å²) in [5.74, 6) is 1.47. The topological polar surface area (TPSA) is 68.1 Å². The minimum atomic E-state index is 0.153. The first kappa shape index (κ1) is 15.8. The van der Waals surface area contributed by atoms with Gasteiger partial charge in [0.2, 0.25) is 5.95 Å². The molecule has 0 bridgehead atoms.